The smallest absolute Gasteiger partial charge is 0.408 e. The summed E-state index contributed by atoms with van der Waals surface area (Å²) in [6.07, 6.45) is -0.0481. The largest absolute Gasteiger partial charge is 0.463 e. The fraction of sp³-hybridized carbons (Fsp3) is 0.640. The number of aliphatic hydroxyl groups is 2. The van der Waals surface area contributed by atoms with Crippen molar-refractivity contribution in [1.29, 1.82) is 5.26 Å². The molecule has 13 heteroatoms. The van der Waals surface area contributed by atoms with Crippen LogP contribution in [0.25, 0.3) is 5.52 Å². The fourth-order valence-corrected chi connectivity index (χ4v) is 5.15. The zero-order valence-electron chi connectivity index (χ0n) is 21.7. The monoisotopic (exact) mass is 530 g/mol. The van der Waals surface area contributed by atoms with Crippen LogP contribution >= 0.6 is 0 Å². The Morgan fingerprint density at radius 3 is 2.66 bits per heavy atom. The number of nitrogen functional groups attached to an aromatic ring is 1. The first-order valence-corrected chi connectivity index (χ1v) is 12.6. The van der Waals surface area contributed by atoms with E-state index in [9.17, 15) is 25.1 Å². The highest BCUT2D eigenvalue weighted by molar-refractivity contribution is 5.74. The van der Waals surface area contributed by atoms with E-state index in [1.165, 1.54) is 16.9 Å². The molecule has 2 aromatic heterocycles. The number of carbonyl (C=O) groups excluding carboxylic acids is 2. The second-order valence-corrected chi connectivity index (χ2v) is 10.9. The molecule has 5 N–H and O–H groups in total. The van der Waals surface area contributed by atoms with Crippen LogP contribution in [0.4, 0.5) is 10.6 Å². The highest BCUT2D eigenvalue weighted by Gasteiger charge is 2.58. The SMILES string of the molecule is CC(C)(C)OC(=O)NC1(CC(=O)OC[C@H]2O[C@@](C#N)(c3ccc4c(N)ncnn34)[C@H](O)[C@@H]2O)CCCCC1. The molecule has 38 heavy (non-hydrogen) atoms. The van der Waals surface area contributed by atoms with Crippen LogP contribution in [0, 0.1) is 11.3 Å². The second-order valence-electron chi connectivity index (χ2n) is 10.9. The zero-order chi connectivity index (χ0) is 27.7. The van der Waals surface area contributed by atoms with Crippen molar-refractivity contribution in [3.05, 3.63) is 24.2 Å². The van der Waals surface area contributed by atoms with Gasteiger partial charge in [0.25, 0.3) is 0 Å². The van der Waals surface area contributed by atoms with Gasteiger partial charge in [0.05, 0.1) is 17.7 Å². The number of hydrogen-bond acceptors (Lipinski definition) is 11. The molecule has 0 radical (unpaired) electrons. The summed E-state index contributed by atoms with van der Waals surface area (Å²) in [7, 11) is 0. The van der Waals surface area contributed by atoms with Gasteiger partial charge in [0.15, 0.2) is 5.82 Å². The molecule has 3 heterocycles. The maximum absolute atomic E-state index is 12.9. The number of esters is 1. The number of anilines is 1. The first-order chi connectivity index (χ1) is 17.9. The van der Waals surface area contributed by atoms with Crippen LogP contribution in [-0.2, 0) is 24.6 Å². The topological polar surface area (TPSA) is 194 Å². The van der Waals surface area contributed by atoms with Gasteiger partial charge in [-0.25, -0.2) is 14.3 Å². The molecule has 2 fully saturated rings. The van der Waals surface area contributed by atoms with Gasteiger partial charge in [-0.1, -0.05) is 19.3 Å². The summed E-state index contributed by atoms with van der Waals surface area (Å²) < 4.78 is 18.0. The summed E-state index contributed by atoms with van der Waals surface area (Å²) in [5.41, 5.74) is 2.92. The molecule has 4 atom stereocenters. The summed E-state index contributed by atoms with van der Waals surface area (Å²) in [6, 6.07) is 5.02. The lowest BCUT2D eigenvalue weighted by atomic mass is 9.79. The van der Waals surface area contributed by atoms with E-state index in [4.69, 9.17) is 19.9 Å². The highest BCUT2D eigenvalue weighted by atomic mass is 16.6. The van der Waals surface area contributed by atoms with Crippen molar-refractivity contribution in [3.8, 4) is 6.07 Å². The molecule has 206 valence electrons. The maximum Gasteiger partial charge on any atom is 0.408 e. The summed E-state index contributed by atoms with van der Waals surface area (Å²) in [5.74, 6) is -0.453. The Morgan fingerprint density at radius 2 is 2.00 bits per heavy atom. The predicted octanol–water partition coefficient (Wildman–Crippen LogP) is 1.31. The van der Waals surface area contributed by atoms with E-state index in [-0.39, 0.29) is 17.9 Å². The average Bonchev–Trinajstić information content (AvgIpc) is 3.38. The van der Waals surface area contributed by atoms with E-state index in [2.05, 4.69) is 15.4 Å². The molecule has 1 aliphatic carbocycles. The highest BCUT2D eigenvalue weighted by Crippen LogP contribution is 2.40. The summed E-state index contributed by atoms with van der Waals surface area (Å²) in [6.45, 7) is 4.87. The maximum atomic E-state index is 12.9. The minimum absolute atomic E-state index is 0.0967. The Kier molecular flexibility index (Phi) is 7.51. The number of carbonyl (C=O) groups is 2. The Morgan fingerprint density at radius 1 is 1.29 bits per heavy atom. The number of fused-ring (bicyclic) bond motifs is 1. The molecule has 0 aromatic carbocycles. The summed E-state index contributed by atoms with van der Waals surface area (Å²) >= 11 is 0. The molecule has 1 amide bonds. The Bertz CT molecular complexity index is 1230. The van der Waals surface area contributed by atoms with Crippen LogP contribution in [0.3, 0.4) is 0 Å². The molecule has 0 spiro atoms. The van der Waals surface area contributed by atoms with Gasteiger partial charge in [0.1, 0.15) is 48.4 Å². The van der Waals surface area contributed by atoms with Crippen LogP contribution in [0.1, 0.15) is 65.0 Å². The van der Waals surface area contributed by atoms with Crippen molar-refractivity contribution in [1.82, 2.24) is 19.9 Å². The molecule has 1 saturated heterocycles. The number of nitrogens with one attached hydrogen (secondary N) is 1. The van der Waals surface area contributed by atoms with Gasteiger partial charge in [-0.3, -0.25) is 4.79 Å². The number of amides is 1. The second kappa shape index (κ2) is 10.4. The number of ether oxygens (including phenoxy) is 3. The normalized spacial score (nSPS) is 27.0. The summed E-state index contributed by atoms with van der Waals surface area (Å²) in [4.78, 5) is 29.3. The third-order valence-electron chi connectivity index (χ3n) is 6.95. The van der Waals surface area contributed by atoms with E-state index in [0.29, 0.717) is 18.4 Å². The number of rotatable bonds is 6. The van der Waals surface area contributed by atoms with Gasteiger partial charge in [-0.05, 0) is 45.7 Å². The molecule has 13 nitrogen and oxygen atoms in total. The molecule has 4 rings (SSSR count). The molecular formula is C25H34N6O7. The van der Waals surface area contributed by atoms with Gasteiger partial charge in [0, 0.05) is 0 Å². The van der Waals surface area contributed by atoms with Gasteiger partial charge < -0.3 is 35.5 Å². The zero-order valence-corrected chi connectivity index (χ0v) is 21.7. The lowest BCUT2D eigenvalue weighted by molar-refractivity contribution is -0.152. The van der Waals surface area contributed by atoms with Crippen molar-refractivity contribution in [3.63, 3.8) is 0 Å². The number of alkyl carbamates (subject to hydrolysis) is 1. The summed E-state index contributed by atoms with van der Waals surface area (Å²) in [5, 5.41) is 38.5. The molecule has 1 saturated carbocycles. The lowest BCUT2D eigenvalue weighted by Crippen LogP contribution is -2.52. The van der Waals surface area contributed by atoms with E-state index in [1.807, 2.05) is 6.07 Å². The average molecular weight is 531 g/mol. The third-order valence-corrected chi connectivity index (χ3v) is 6.95. The molecule has 0 unspecified atom stereocenters. The van der Waals surface area contributed by atoms with Gasteiger partial charge in [-0.2, -0.15) is 10.4 Å². The number of nitrogens with zero attached hydrogens (tertiary/aromatic N) is 4. The molecule has 0 bridgehead atoms. The first kappa shape index (κ1) is 27.6. The van der Waals surface area contributed by atoms with Gasteiger partial charge in [-0.15, -0.1) is 0 Å². The van der Waals surface area contributed by atoms with Crippen LogP contribution in [0.15, 0.2) is 18.5 Å². The van der Waals surface area contributed by atoms with Gasteiger partial charge >= 0.3 is 12.1 Å². The van der Waals surface area contributed by atoms with Crippen molar-refractivity contribution in [2.75, 3.05) is 12.3 Å². The Balaban J connectivity index is 1.45. The molecule has 1 aliphatic heterocycles. The number of nitrogens with two attached hydrogens (primary N) is 1. The fourth-order valence-electron chi connectivity index (χ4n) is 5.15. The van der Waals surface area contributed by atoms with Crippen LogP contribution in [0.5, 0.6) is 0 Å². The molecular weight excluding hydrogens is 496 g/mol. The Labute approximate surface area is 219 Å². The van der Waals surface area contributed by atoms with Crippen LogP contribution in [0.2, 0.25) is 0 Å². The number of aromatic nitrogens is 3. The van der Waals surface area contributed by atoms with E-state index >= 15 is 0 Å². The molecule has 2 aliphatic rings. The van der Waals surface area contributed by atoms with Crippen molar-refractivity contribution >= 4 is 23.4 Å². The standard InChI is InChI=1S/C25H34N6O7/c1-23(2,3)38-22(35)30-24(9-5-4-6-10-24)11-18(32)36-12-16-19(33)20(34)25(13-26,37-16)17-8-7-15-21(27)28-14-29-31(15)17/h7-8,14,16,19-20,33-34H,4-6,9-12H2,1-3H3,(H,30,35)(H2,27,28,29)/t16-,19-,20-,25+/m1/s1. The van der Waals surface area contributed by atoms with Crippen molar-refractivity contribution < 1.29 is 34.0 Å². The molecule has 2 aromatic rings. The first-order valence-electron chi connectivity index (χ1n) is 12.6. The quantitative estimate of drug-likeness (QED) is 0.393. The minimum Gasteiger partial charge on any atom is -0.463 e. The van der Waals surface area contributed by atoms with Crippen LogP contribution in [-0.4, -0.2) is 72.9 Å². The van der Waals surface area contributed by atoms with Crippen LogP contribution < -0.4 is 11.1 Å². The van der Waals surface area contributed by atoms with E-state index < -0.39 is 53.7 Å². The van der Waals surface area contributed by atoms with Crippen molar-refractivity contribution in [2.24, 2.45) is 0 Å². The minimum atomic E-state index is -1.99. The van der Waals surface area contributed by atoms with Crippen molar-refractivity contribution in [2.45, 2.75) is 94.3 Å². The third kappa shape index (κ3) is 5.38. The van der Waals surface area contributed by atoms with E-state index in [1.54, 1.807) is 26.8 Å². The van der Waals surface area contributed by atoms with E-state index in [0.717, 1.165) is 19.3 Å². The van der Waals surface area contributed by atoms with Gasteiger partial charge in [0.2, 0.25) is 5.60 Å². The number of hydrogen-bond donors (Lipinski definition) is 4. The predicted molar refractivity (Wildman–Crippen MR) is 132 cm³/mol. The Hall–Kier alpha value is -3.47. The lowest BCUT2D eigenvalue weighted by Gasteiger charge is -2.37. The number of aliphatic hydroxyl groups excluding tert-OH is 2. The number of nitriles is 1.